The Bertz CT molecular complexity index is 1080. The van der Waals surface area contributed by atoms with Crippen LogP contribution in [0.3, 0.4) is 0 Å². The number of hydrogen-bond acceptors (Lipinski definition) is 3. The number of carbonyl (C=O) groups excluding carboxylic acids is 1. The number of nitrogens with one attached hydrogen (secondary N) is 1. The number of benzene rings is 2. The molecule has 5 nitrogen and oxygen atoms in total. The lowest BCUT2D eigenvalue weighted by molar-refractivity contribution is 0.0949. The first-order valence-corrected chi connectivity index (χ1v) is 11.3. The van der Waals surface area contributed by atoms with Crippen LogP contribution < -0.4 is 5.32 Å². The summed E-state index contributed by atoms with van der Waals surface area (Å²) in [6, 6.07) is 14.4. The summed E-state index contributed by atoms with van der Waals surface area (Å²) in [4.78, 5) is 15.6. The maximum atomic E-state index is 13.3. The van der Waals surface area contributed by atoms with Crippen LogP contribution in [0, 0.1) is 25.6 Å². The summed E-state index contributed by atoms with van der Waals surface area (Å²) in [5.74, 6) is 0.365. The molecule has 168 valence electrons. The molecule has 4 rings (SSSR count). The van der Waals surface area contributed by atoms with E-state index in [1.807, 2.05) is 19.9 Å². The molecule has 1 saturated heterocycles. The molecule has 0 radical (unpaired) electrons. The van der Waals surface area contributed by atoms with Crippen molar-refractivity contribution in [3.8, 4) is 5.69 Å². The van der Waals surface area contributed by atoms with Gasteiger partial charge in [0.15, 0.2) is 0 Å². The van der Waals surface area contributed by atoms with Crippen molar-refractivity contribution in [3.63, 3.8) is 0 Å². The van der Waals surface area contributed by atoms with E-state index in [1.165, 1.54) is 30.5 Å². The van der Waals surface area contributed by atoms with E-state index in [1.54, 1.807) is 16.8 Å². The Balaban J connectivity index is 1.46. The maximum absolute atomic E-state index is 13.3. The number of rotatable bonds is 6. The Kier molecular flexibility index (Phi) is 6.70. The van der Waals surface area contributed by atoms with Crippen molar-refractivity contribution in [2.75, 3.05) is 13.1 Å². The average Bonchev–Trinajstić information content (AvgIpc) is 3.09. The van der Waals surface area contributed by atoms with Crippen LogP contribution >= 0.6 is 0 Å². The molecule has 1 N–H and O–H groups in total. The van der Waals surface area contributed by atoms with Gasteiger partial charge in [-0.15, -0.1) is 0 Å². The minimum absolute atomic E-state index is 0.144. The fraction of sp³-hybridized carbons (Fsp3) is 0.385. The van der Waals surface area contributed by atoms with Gasteiger partial charge in [0, 0.05) is 13.1 Å². The number of piperidine rings is 1. The number of hydrogen-bond donors (Lipinski definition) is 1. The second-order valence-electron chi connectivity index (χ2n) is 8.84. The van der Waals surface area contributed by atoms with Gasteiger partial charge in [0.25, 0.3) is 5.91 Å². The van der Waals surface area contributed by atoms with Crippen LogP contribution in [0.15, 0.2) is 48.5 Å². The number of likely N-dealkylation sites (tertiary alicyclic amines) is 1. The molecule has 1 amide bonds. The summed E-state index contributed by atoms with van der Waals surface area (Å²) < 4.78 is 15.0. The van der Waals surface area contributed by atoms with Crippen LogP contribution in [0.4, 0.5) is 4.39 Å². The molecule has 1 aromatic heterocycles. The van der Waals surface area contributed by atoms with E-state index in [2.05, 4.69) is 40.4 Å². The quantitative estimate of drug-likeness (QED) is 0.607. The minimum atomic E-state index is -0.300. The van der Waals surface area contributed by atoms with E-state index in [0.29, 0.717) is 17.8 Å². The summed E-state index contributed by atoms with van der Waals surface area (Å²) in [6.07, 6.45) is 2.49. The molecule has 2 aromatic carbocycles. The normalized spacial score (nSPS) is 15.1. The van der Waals surface area contributed by atoms with Gasteiger partial charge in [-0.1, -0.05) is 31.2 Å². The molecular formula is C26H31FN4O. The summed E-state index contributed by atoms with van der Waals surface area (Å²) in [7, 11) is 0. The van der Waals surface area contributed by atoms with Gasteiger partial charge < -0.3 is 5.32 Å². The van der Waals surface area contributed by atoms with Crippen LogP contribution in [0.2, 0.25) is 0 Å². The predicted molar refractivity (Wildman–Crippen MR) is 124 cm³/mol. The van der Waals surface area contributed by atoms with Crippen molar-refractivity contribution >= 4 is 5.91 Å². The standard InChI is InChI=1S/C26H31FN4O/c1-18-12-14-30(15-13-18)17-22-7-5-4-6-21(22)16-28-26(32)25-19(2)29-31(20(25)3)24-10-8-23(27)9-11-24/h4-11,18H,12-17H2,1-3H3,(H,28,32). The molecule has 32 heavy (non-hydrogen) atoms. The second kappa shape index (κ2) is 9.65. The highest BCUT2D eigenvalue weighted by molar-refractivity contribution is 5.96. The number of amides is 1. The first-order valence-electron chi connectivity index (χ1n) is 11.3. The Morgan fingerprint density at radius 2 is 1.72 bits per heavy atom. The van der Waals surface area contributed by atoms with Crippen LogP contribution in [0.5, 0.6) is 0 Å². The third-order valence-corrected chi connectivity index (χ3v) is 6.42. The van der Waals surface area contributed by atoms with Crippen molar-refractivity contribution in [1.29, 1.82) is 0 Å². The summed E-state index contributed by atoms with van der Waals surface area (Å²) in [5, 5.41) is 7.60. The highest BCUT2D eigenvalue weighted by atomic mass is 19.1. The maximum Gasteiger partial charge on any atom is 0.255 e. The molecule has 0 bridgehead atoms. The zero-order valence-corrected chi connectivity index (χ0v) is 19.1. The molecule has 2 heterocycles. The Hall–Kier alpha value is -2.99. The van der Waals surface area contributed by atoms with Gasteiger partial charge >= 0.3 is 0 Å². The van der Waals surface area contributed by atoms with E-state index in [9.17, 15) is 9.18 Å². The summed E-state index contributed by atoms with van der Waals surface area (Å²) in [5.41, 5.74) is 5.09. The monoisotopic (exact) mass is 434 g/mol. The number of carbonyl (C=O) groups is 1. The zero-order valence-electron chi connectivity index (χ0n) is 19.1. The second-order valence-corrected chi connectivity index (χ2v) is 8.84. The van der Waals surface area contributed by atoms with Gasteiger partial charge in [0.1, 0.15) is 5.82 Å². The molecule has 1 aliphatic rings. The Labute approximate surface area is 189 Å². The molecule has 0 saturated carbocycles. The number of aryl methyl sites for hydroxylation is 1. The largest absolute Gasteiger partial charge is 0.348 e. The number of aromatic nitrogens is 2. The molecule has 3 aromatic rings. The number of nitrogens with zero attached hydrogens (tertiary/aromatic N) is 3. The molecule has 1 aliphatic heterocycles. The molecular weight excluding hydrogens is 403 g/mol. The van der Waals surface area contributed by atoms with Crippen LogP contribution in [-0.2, 0) is 13.1 Å². The number of halogens is 1. The SMILES string of the molecule is Cc1nn(-c2ccc(F)cc2)c(C)c1C(=O)NCc1ccccc1CN1CCC(C)CC1. The lowest BCUT2D eigenvalue weighted by Crippen LogP contribution is -2.33. The first kappa shape index (κ1) is 22.2. The van der Waals surface area contributed by atoms with Gasteiger partial charge in [0.05, 0.1) is 22.6 Å². The first-order chi connectivity index (χ1) is 15.4. The van der Waals surface area contributed by atoms with E-state index in [4.69, 9.17) is 0 Å². The van der Waals surface area contributed by atoms with Crippen molar-refractivity contribution in [2.24, 2.45) is 5.92 Å². The fourth-order valence-corrected chi connectivity index (χ4v) is 4.41. The van der Waals surface area contributed by atoms with Crippen LogP contribution in [0.25, 0.3) is 5.69 Å². The molecule has 1 fully saturated rings. The Morgan fingerprint density at radius 3 is 2.41 bits per heavy atom. The molecule has 0 atom stereocenters. The van der Waals surface area contributed by atoms with E-state index in [-0.39, 0.29) is 11.7 Å². The lowest BCUT2D eigenvalue weighted by Gasteiger charge is -2.30. The highest BCUT2D eigenvalue weighted by Crippen LogP contribution is 2.21. The van der Waals surface area contributed by atoms with Gasteiger partial charge in [0.2, 0.25) is 0 Å². The molecule has 0 aliphatic carbocycles. The predicted octanol–water partition coefficient (Wildman–Crippen LogP) is 4.79. The van der Waals surface area contributed by atoms with E-state index >= 15 is 0 Å². The summed E-state index contributed by atoms with van der Waals surface area (Å²) >= 11 is 0. The van der Waals surface area contributed by atoms with Crippen LogP contribution in [-0.4, -0.2) is 33.7 Å². The van der Waals surface area contributed by atoms with Crippen molar-refractivity contribution < 1.29 is 9.18 Å². The van der Waals surface area contributed by atoms with Crippen molar-refractivity contribution in [3.05, 3.63) is 82.4 Å². The smallest absolute Gasteiger partial charge is 0.255 e. The van der Waals surface area contributed by atoms with E-state index < -0.39 is 0 Å². The molecule has 0 unspecified atom stereocenters. The average molecular weight is 435 g/mol. The zero-order chi connectivity index (χ0) is 22.7. The van der Waals surface area contributed by atoms with Gasteiger partial charge in [-0.25, -0.2) is 9.07 Å². The fourth-order valence-electron chi connectivity index (χ4n) is 4.41. The van der Waals surface area contributed by atoms with Crippen molar-refractivity contribution in [2.45, 2.75) is 46.7 Å². The summed E-state index contributed by atoms with van der Waals surface area (Å²) in [6.45, 7) is 9.66. The van der Waals surface area contributed by atoms with Gasteiger partial charge in [-0.05, 0) is 81.1 Å². The third-order valence-electron chi connectivity index (χ3n) is 6.42. The van der Waals surface area contributed by atoms with E-state index in [0.717, 1.165) is 42.5 Å². The molecule has 0 spiro atoms. The molecule has 6 heteroatoms. The van der Waals surface area contributed by atoms with Crippen LogP contribution in [0.1, 0.15) is 52.6 Å². The minimum Gasteiger partial charge on any atom is -0.348 e. The highest BCUT2D eigenvalue weighted by Gasteiger charge is 2.20. The Morgan fingerprint density at radius 1 is 1.06 bits per heavy atom. The lowest BCUT2D eigenvalue weighted by atomic mass is 9.98. The van der Waals surface area contributed by atoms with Gasteiger partial charge in [-0.3, -0.25) is 9.69 Å². The third kappa shape index (κ3) is 4.91. The topological polar surface area (TPSA) is 50.2 Å². The van der Waals surface area contributed by atoms with Gasteiger partial charge in [-0.2, -0.15) is 5.10 Å². The van der Waals surface area contributed by atoms with Crippen molar-refractivity contribution in [1.82, 2.24) is 20.0 Å².